The topological polar surface area (TPSA) is 87.0 Å². The molecule has 2 aromatic rings. The van der Waals surface area contributed by atoms with Gasteiger partial charge in [0, 0.05) is 29.2 Å². The molecule has 4 rings (SSSR count). The summed E-state index contributed by atoms with van der Waals surface area (Å²) < 4.78 is 0. The van der Waals surface area contributed by atoms with Crippen LogP contribution in [0.1, 0.15) is 42.6 Å². The number of nitrogen functional groups attached to an aromatic ring is 1. The fourth-order valence-corrected chi connectivity index (χ4v) is 4.19. The number of rotatable bonds is 2. The Bertz CT molecular complexity index is 726. The van der Waals surface area contributed by atoms with Crippen LogP contribution in [-0.4, -0.2) is 46.2 Å². The molecule has 6 heteroatoms. The molecule has 0 saturated carbocycles. The number of carbonyl (C=O) groups is 1. The second-order valence-corrected chi connectivity index (χ2v) is 6.92. The van der Waals surface area contributed by atoms with Crippen LogP contribution >= 0.6 is 0 Å². The summed E-state index contributed by atoms with van der Waals surface area (Å²) in [7, 11) is 2.22. The van der Waals surface area contributed by atoms with E-state index in [0.29, 0.717) is 23.5 Å². The lowest BCUT2D eigenvalue weighted by Gasteiger charge is -2.47. The van der Waals surface area contributed by atoms with Crippen molar-refractivity contribution >= 4 is 22.5 Å². The number of benzene rings is 1. The first-order chi connectivity index (χ1) is 11.1. The van der Waals surface area contributed by atoms with Crippen LogP contribution in [0.4, 0.5) is 5.69 Å². The Kier molecular flexibility index (Phi) is 3.49. The molecule has 1 aromatic heterocycles. The van der Waals surface area contributed by atoms with Crippen LogP contribution < -0.4 is 11.1 Å². The van der Waals surface area contributed by atoms with Crippen LogP contribution in [0, 0.1) is 0 Å². The molecule has 2 bridgehead atoms. The third-order valence-corrected chi connectivity index (χ3v) is 5.48. The lowest BCUT2D eigenvalue weighted by molar-refractivity contribution is 0.0462. The smallest absolute Gasteiger partial charge is 0.272 e. The number of anilines is 1. The van der Waals surface area contributed by atoms with E-state index in [4.69, 9.17) is 5.73 Å². The van der Waals surface area contributed by atoms with E-state index in [2.05, 4.69) is 27.5 Å². The molecule has 4 N–H and O–H groups in total. The van der Waals surface area contributed by atoms with E-state index in [0.717, 1.165) is 23.7 Å². The van der Waals surface area contributed by atoms with Gasteiger partial charge < -0.3 is 16.0 Å². The molecule has 0 spiro atoms. The number of aromatic nitrogens is 2. The molecule has 0 aliphatic carbocycles. The molecule has 2 aliphatic rings. The standard InChI is InChI=1S/C17H23N5O/c1-22-12-3-2-4-13(22)9-11(8-12)19-17(23)16-14-7-10(18)5-6-15(14)20-21-16/h5-7,11-13H,2-4,8-9,18H2,1H3,(H,19,23)(H,20,21)/t11-,12+,13-. The number of carbonyl (C=O) groups excluding carboxylic acids is 1. The third kappa shape index (κ3) is 2.57. The van der Waals surface area contributed by atoms with E-state index < -0.39 is 0 Å². The van der Waals surface area contributed by atoms with E-state index in [1.807, 2.05) is 6.07 Å². The van der Waals surface area contributed by atoms with Gasteiger partial charge in [-0.3, -0.25) is 9.89 Å². The summed E-state index contributed by atoms with van der Waals surface area (Å²) >= 11 is 0. The molecule has 0 radical (unpaired) electrons. The van der Waals surface area contributed by atoms with Crippen molar-refractivity contribution in [3.8, 4) is 0 Å². The van der Waals surface area contributed by atoms with Crippen molar-refractivity contribution in [3.63, 3.8) is 0 Å². The molecular formula is C17H23N5O. The van der Waals surface area contributed by atoms with Gasteiger partial charge in [-0.25, -0.2) is 0 Å². The van der Waals surface area contributed by atoms with Gasteiger partial charge in [0.05, 0.1) is 5.52 Å². The van der Waals surface area contributed by atoms with Gasteiger partial charge in [0.25, 0.3) is 5.91 Å². The normalized spacial score (nSPS) is 28.0. The highest BCUT2D eigenvalue weighted by Crippen LogP contribution is 2.32. The Morgan fingerprint density at radius 1 is 1.35 bits per heavy atom. The maximum absolute atomic E-state index is 12.7. The Hall–Kier alpha value is -2.08. The average molecular weight is 313 g/mol. The van der Waals surface area contributed by atoms with Gasteiger partial charge in [0.2, 0.25) is 0 Å². The first-order valence-electron chi connectivity index (χ1n) is 8.38. The molecule has 3 heterocycles. The highest BCUT2D eigenvalue weighted by molar-refractivity contribution is 6.05. The number of nitrogens with zero attached hydrogens (tertiary/aromatic N) is 2. The predicted octanol–water partition coefficient (Wildman–Crippen LogP) is 1.89. The van der Waals surface area contributed by atoms with Crippen molar-refractivity contribution in [1.29, 1.82) is 0 Å². The fraction of sp³-hybridized carbons (Fsp3) is 0.529. The van der Waals surface area contributed by atoms with E-state index in [9.17, 15) is 4.79 Å². The number of amides is 1. The third-order valence-electron chi connectivity index (χ3n) is 5.48. The lowest BCUT2D eigenvalue weighted by atomic mass is 9.82. The highest BCUT2D eigenvalue weighted by Gasteiger charge is 2.36. The highest BCUT2D eigenvalue weighted by atomic mass is 16.2. The molecule has 1 aromatic carbocycles. The quantitative estimate of drug-likeness (QED) is 0.739. The Labute approximate surface area is 135 Å². The van der Waals surface area contributed by atoms with Crippen LogP contribution in [0.2, 0.25) is 0 Å². The van der Waals surface area contributed by atoms with Crippen LogP contribution in [0.3, 0.4) is 0 Å². The molecule has 23 heavy (non-hydrogen) atoms. The first-order valence-corrected chi connectivity index (χ1v) is 8.38. The second-order valence-electron chi connectivity index (χ2n) is 6.92. The maximum atomic E-state index is 12.7. The Balaban J connectivity index is 1.52. The van der Waals surface area contributed by atoms with E-state index in [-0.39, 0.29) is 11.9 Å². The summed E-state index contributed by atoms with van der Waals surface area (Å²) in [5.74, 6) is -0.102. The van der Waals surface area contributed by atoms with Crippen molar-refractivity contribution < 1.29 is 4.79 Å². The van der Waals surface area contributed by atoms with Gasteiger partial charge in [0.15, 0.2) is 5.69 Å². The largest absolute Gasteiger partial charge is 0.399 e. The second kappa shape index (κ2) is 5.53. The summed E-state index contributed by atoms with van der Waals surface area (Å²) in [4.78, 5) is 15.1. The predicted molar refractivity (Wildman–Crippen MR) is 90.2 cm³/mol. The number of nitrogens with one attached hydrogen (secondary N) is 2. The van der Waals surface area contributed by atoms with Gasteiger partial charge in [0.1, 0.15) is 0 Å². The lowest BCUT2D eigenvalue weighted by Crippen LogP contribution is -2.55. The van der Waals surface area contributed by atoms with Crippen molar-refractivity contribution in [2.45, 2.75) is 50.2 Å². The summed E-state index contributed by atoms with van der Waals surface area (Å²) in [5.41, 5.74) is 7.75. The maximum Gasteiger partial charge on any atom is 0.272 e. The molecule has 2 saturated heterocycles. The van der Waals surface area contributed by atoms with Crippen molar-refractivity contribution in [2.75, 3.05) is 12.8 Å². The van der Waals surface area contributed by atoms with Crippen molar-refractivity contribution in [2.24, 2.45) is 0 Å². The molecule has 122 valence electrons. The first kappa shape index (κ1) is 14.5. The zero-order valence-corrected chi connectivity index (χ0v) is 13.4. The summed E-state index contributed by atoms with van der Waals surface area (Å²) in [6, 6.07) is 6.90. The summed E-state index contributed by atoms with van der Waals surface area (Å²) in [5, 5.41) is 11.1. The number of fused-ring (bicyclic) bond motifs is 3. The van der Waals surface area contributed by atoms with Gasteiger partial charge in [-0.1, -0.05) is 6.42 Å². The fourth-order valence-electron chi connectivity index (χ4n) is 4.19. The molecule has 3 atom stereocenters. The van der Waals surface area contributed by atoms with Crippen LogP contribution in [0.5, 0.6) is 0 Å². The van der Waals surface area contributed by atoms with E-state index >= 15 is 0 Å². The SMILES string of the molecule is CN1[C@@H]2CCC[C@H]1C[C@@H](NC(=O)c1n[nH]c3ccc(N)cc13)C2. The minimum atomic E-state index is -0.102. The molecule has 1 amide bonds. The number of hydrogen-bond donors (Lipinski definition) is 3. The number of hydrogen-bond acceptors (Lipinski definition) is 4. The Morgan fingerprint density at radius 2 is 2.09 bits per heavy atom. The van der Waals surface area contributed by atoms with Crippen LogP contribution in [0.15, 0.2) is 18.2 Å². The van der Waals surface area contributed by atoms with Gasteiger partial charge in [-0.15, -0.1) is 0 Å². The molecule has 6 nitrogen and oxygen atoms in total. The number of piperidine rings is 2. The minimum Gasteiger partial charge on any atom is -0.399 e. The average Bonchev–Trinajstić information content (AvgIpc) is 2.91. The van der Waals surface area contributed by atoms with Gasteiger partial charge >= 0.3 is 0 Å². The van der Waals surface area contributed by atoms with E-state index in [1.54, 1.807) is 12.1 Å². The van der Waals surface area contributed by atoms with Gasteiger partial charge in [-0.05, 0) is 50.9 Å². The summed E-state index contributed by atoms with van der Waals surface area (Å²) in [6.07, 6.45) is 5.85. The number of H-pyrrole nitrogens is 1. The molecule has 0 unspecified atom stereocenters. The van der Waals surface area contributed by atoms with E-state index in [1.165, 1.54) is 19.3 Å². The molecule has 2 fully saturated rings. The Morgan fingerprint density at radius 3 is 2.83 bits per heavy atom. The summed E-state index contributed by atoms with van der Waals surface area (Å²) in [6.45, 7) is 0. The van der Waals surface area contributed by atoms with Gasteiger partial charge in [-0.2, -0.15) is 5.10 Å². The number of aromatic amines is 1. The van der Waals surface area contributed by atoms with Crippen LogP contribution in [0.25, 0.3) is 10.9 Å². The monoisotopic (exact) mass is 313 g/mol. The zero-order chi connectivity index (χ0) is 16.0. The van der Waals surface area contributed by atoms with Crippen molar-refractivity contribution in [1.82, 2.24) is 20.4 Å². The zero-order valence-electron chi connectivity index (χ0n) is 13.4. The molecular weight excluding hydrogens is 290 g/mol. The van der Waals surface area contributed by atoms with Crippen molar-refractivity contribution in [3.05, 3.63) is 23.9 Å². The number of nitrogens with two attached hydrogens (primary N) is 1. The molecule has 2 aliphatic heterocycles. The van der Waals surface area contributed by atoms with Crippen LogP contribution in [-0.2, 0) is 0 Å². The minimum absolute atomic E-state index is 0.102.